The highest BCUT2D eigenvalue weighted by atomic mass is 127. The van der Waals surface area contributed by atoms with Crippen molar-refractivity contribution < 1.29 is 18.9 Å². The van der Waals surface area contributed by atoms with Crippen LogP contribution in [0.3, 0.4) is 0 Å². The van der Waals surface area contributed by atoms with Gasteiger partial charge in [0, 0.05) is 10.7 Å². The molecule has 0 aliphatic heterocycles. The Kier molecular flexibility index (Phi) is 4.92. The Morgan fingerprint density at radius 1 is 1.14 bits per heavy atom. The summed E-state index contributed by atoms with van der Waals surface area (Å²) < 4.78 is 17.9. The zero-order chi connectivity index (χ0) is 10.9. The van der Waals surface area contributed by atoms with Gasteiger partial charge in [0.15, 0.2) is 0 Å². The van der Waals surface area contributed by atoms with Gasteiger partial charge < -0.3 is 4.52 Å². The number of benzene rings is 1. The zero-order valence-electron chi connectivity index (χ0n) is 6.45. The number of phosphoric acid groups is 1. The van der Waals surface area contributed by atoms with Gasteiger partial charge in [0.2, 0.25) is 0 Å². The summed E-state index contributed by atoms with van der Waals surface area (Å²) in [4.78, 5) is 17.2. The van der Waals surface area contributed by atoms with Gasteiger partial charge in [-0.25, -0.2) is 4.57 Å². The maximum atomic E-state index is 10.6. The first-order valence-corrected chi connectivity index (χ1v) is 7.96. The first kappa shape index (κ1) is 13.4. The van der Waals surface area contributed by atoms with Gasteiger partial charge in [0.25, 0.3) is 0 Å². The van der Waals surface area contributed by atoms with Gasteiger partial charge in [-0.3, -0.25) is 9.79 Å². The van der Waals surface area contributed by atoms with Gasteiger partial charge >= 0.3 is 7.82 Å². The van der Waals surface area contributed by atoms with Crippen molar-refractivity contribution in [2.45, 2.75) is 0 Å². The highest BCUT2D eigenvalue weighted by Gasteiger charge is 2.17. The third kappa shape index (κ3) is 4.08. The quantitative estimate of drug-likeness (QED) is 0.337. The molecule has 78 valence electrons. The molecule has 0 saturated heterocycles. The molecule has 0 heterocycles. The van der Waals surface area contributed by atoms with Gasteiger partial charge in [-0.05, 0) is 79.9 Å². The van der Waals surface area contributed by atoms with Crippen LogP contribution in [0.25, 0.3) is 0 Å². The predicted molar refractivity (Wildman–Crippen MR) is 77.3 cm³/mol. The summed E-state index contributed by atoms with van der Waals surface area (Å²) in [6.07, 6.45) is 0. The van der Waals surface area contributed by atoms with Gasteiger partial charge in [-0.15, -0.1) is 0 Å². The number of rotatable bonds is 2. The van der Waals surface area contributed by atoms with Crippen LogP contribution in [-0.2, 0) is 4.57 Å². The normalized spacial score (nSPS) is 11.5. The topological polar surface area (TPSA) is 66.8 Å². The molecule has 0 aliphatic carbocycles. The molecule has 0 atom stereocenters. The van der Waals surface area contributed by atoms with Crippen LogP contribution in [0.2, 0.25) is 0 Å². The fourth-order valence-electron chi connectivity index (χ4n) is 0.722. The highest BCUT2D eigenvalue weighted by molar-refractivity contribution is 14.1. The Morgan fingerprint density at radius 3 is 1.93 bits per heavy atom. The Bertz CT molecular complexity index is 379. The van der Waals surface area contributed by atoms with Crippen molar-refractivity contribution in [3.8, 4) is 5.75 Å². The number of halogens is 3. The Labute approximate surface area is 121 Å². The van der Waals surface area contributed by atoms with Crippen molar-refractivity contribution in [3.05, 3.63) is 22.8 Å². The van der Waals surface area contributed by atoms with E-state index in [1.165, 1.54) is 0 Å². The monoisotopic (exact) mass is 552 g/mol. The molecule has 14 heavy (non-hydrogen) atoms. The molecule has 0 amide bonds. The first-order valence-electron chi connectivity index (χ1n) is 3.19. The molecule has 0 aromatic heterocycles. The summed E-state index contributed by atoms with van der Waals surface area (Å²) >= 11 is 6.32. The molecule has 8 heteroatoms. The van der Waals surface area contributed by atoms with Crippen LogP contribution in [0.1, 0.15) is 0 Å². The molecule has 1 rings (SSSR count). The fourth-order valence-corrected chi connectivity index (χ4v) is 3.12. The predicted octanol–water partition coefficient (Wildman–Crippen LogP) is 2.97. The van der Waals surface area contributed by atoms with Crippen molar-refractivity contribution in [1.29, 1.82) is 0 Å². The Balaban J connectivity index is 3.08. The lowest BCUT2D eigenvalue weighted by atomic mass is 10.3. The molecule has 2 N–H and O–H groups in total. The lowest BCUT2D eigenvalue weighted by molar-refractivity contribution is 0.283. The molecule has 0 bridgehead atoms. The highest BCUT2D eigenvalue weighted by Crippen LogP contribution is 2.39. The van der Waals surface area contributed by atoms with Crippen molar-refractivity contribution in [3.63, 3.8) is 0 Å². The van der Waals surface area contributed by atoms with Gasteiger partial charge in [0.1, 0.15) is 5.75 Å². The number of hydrogen-bond acceptors (Lipinski definition) is 2. The van der Waals surface area contributed by atoms with E-state index < -0.39 is 7.82 Å². The van der Waals surface area contributed by atoms with E-state index in [2.05, 4.69) is 72.3 Å². The lowest BCUT2D eigenvalue weighted by Crippen LogP contribution is -1.93. The molecule has 0 saturated carbocycles. The number of phosphoric ester groups is 1. The standard InChI is InChI=1S/C6H4I3O4P/c7-4-1-3(13-14(10,11)12)2-5(8)6(4)9/h1-2H,(H2,10,11,12). The molecule has 1 aromatic rings. The summed E-state index contributed by atoms with van der Waals surface area (Å²) in [5, 5.41) is 0. The van der Waals surface area contributed by atoms with Crippen molar-refractivity contribution >= 4 is 75.6 Å². The van der Waals surface area contributed by atoms with Gasteiger partial charge in [0.05, 0.1) is 0 Å². The second kappa shape index (κ2) is 5.13. The molecule has 4 nitrogen and oxygen atoms in total. The SMILES string of the molecule is O=P(O)(O)Oc1cc(I)c(I)c(I)c1. The lowest BCUT2D eigenvalue weighted by Gasteiger charge is -2.08. The van der Waals surface area contributed by atoms with E-state index in [4.69, 9.17) is 9.79 Å². The molecular formula is C6H4I3O4P. The minimum absolute atomic E-state index is 0.188. The van der Waals surface area contributed by atoms with Crippen LogP contribution in [0, 0.1) is 10.7 Å². The largest absolute Gasteiger partial charge is 0.524 e. The second-order valence-electron chi connectivity index (χ2n) is 2.28. The van der Waals surface area contributed by atoms with E-state index in [1.54, 1.807) is 12.1 Å². The van der Waals surface area contributed by atoms with Gasteiger partial charge in [-0.1, -0.05) is 0 Å². The second-order valence-corrected chi connectivity index (χ2v) is 6.85. The smallest absolute Gasteiger partial charge is 0.404 e. The minimum Gasteiger partial charge on any atom is -0.404 e. The first-order chi connectivity index (χ1) is 6.29. The van der Waals surface area contributed by atoms with Crippen LogP contribution in [-0.4, -0.2) is 9.79 Å². The molecule has 0 fully saturated rings. The molecule has 0 unspecified atom stereocenters. The summed E-state index contributed by atoms with van der Waals surface area (Å²) in [7, 11) is -4.45. The van der Waals surface area contributed by atoms with Crippen LogP contribution >= 0.6 is 75.6 Å². The van der Waals surface area contributed by atoms with E-state index >= 15 is 0 Å². The summed E-state index contributed by atoms with van der Waals surface area (Å²) in [5.41, 5.74) is 0. The molecule has 0 aliphatic rings. The van der Waals surface area contributed by atoms with Crippen molar-refractivity contribution in [2.75, 3.05) is 0 Å². The molecular weight excluding hydrogens is 548 g/mol. The third-order valence-electron chi connectivity index (χ3n) is 1.18. The maximum absolute atomic E-state index is 10.6. The van der Waals surface area contributed by atoms with Crippen LogP contribution in [0.4, 0.5) is 0 Å². The maximum Gasteiger partial charge on any atom is 0.524 e. The van der Waals surface area contributed by atoms with Crippen LogP contribution in [0.5, 0.6) is 5.75 Å². The zero-order valence-corrected chi connectivity index (χ0v) is 13.8. The van der Waals surface area contributed by atoms with Gasteiger partial charge in [-0.2, -0.15) is 0 Å². The van der Waals surface area contributed by atoms with E-state index in [0.29, 0.717) is 0 Å². The summed E-state index contributed by atoms with van der Waals surface area (Å²) in [5.74, 6) is 0.188. The van der Waals surface area contributed by atoms with Crippen molar-refractivity contribution in [1.82, 2.24) is 0 Å². The van der Waals surface area contributed by atoms with Crippen LogP contribution < -0.4 is 4.52 Å². The van der Waals surface area contributed by atoms with Crippen molar-refractivity contribution in [2.24, 2.45) is 0 Å². The Morgan fingerprint density at radius 2 is 1.57 bits per heavy atom. The fraction of sp³-hybridized carbons (Fsp3) is 0. The van der Waals surface area contributed by atoms with Crippen LogP contribution in [0.15, 0.2) is 12.1 Å². The summed E-state index contributed by atoms with van der Waals surface area (Å²) in [6, 6.07) is 3.17. The van der Waals surface area contributed by atoms with E-state index in [9.17, 15) is 4.57 Å². The summed E-state index contributed by atoms with van der Waals surface area (Å²) in [6.45, 7) is 0. The minimum atomic E-state index is -4.45. The van der Waals surface area contributed by atoms with E-state index in [0.717, 1.165) is 10.7 Å². The molecule has 0 radical (unpaired) electrons. The third-order valence-corrected chi connectivity index (χ3v) is 6.56. The number of hydrogen-bond donors (Lipinski definition) is 2. The Hall–Kier alpha value is 1.36. The molecule has 1 aromatic carbocycles. The van der Waals surface area contributed by atoms with E-state index in [-0.39, 0.29) is 5.75 Å². The van der Waals surface area contributed by atoms with E-state index in [1.807, 2.05) is 0 Å². The average molecular weight is 552 g/mol. The molecule has 0 spiro atoms. The average Bonchev–Trinajstić information content (AvgIpc) is 1.96.